The van der Waals surface area contributed by atoms with Crippen molar-refractivity contribution >= 4 is 15.9 Å². The summed E-state index contributed by atoms with van der Waals surface area (Å²) in [7, 11) is 0. The number of hydrogen-bond donors (Lipinski definition) is 0. The third-order valence-electron chi connectivity index (χ3n) is 3.62. The zero-order valence-corrected chi connectivity index (χ0v) is 15.3. The van der Waals surface area contributed by atoms with E-state index in [-0.39, 0.29) is 0 Å². The van der Waals surface area contributed by atoms with E-state index in [2.05, 4.69) is 47.7 Å². The molecule has 0 aliphatic carbocycles. The Balaban J connectivity index is 1.57. The van der Waals surface area contributed by atoms with Gasteiger partial charge in [0.15, 0.2) is 0 Å². The van der Waals surface area contributed by atoms with E-state index >= 15 is 0 Å². The first kappa shape index (κ1) is 17.7. The van der Waals surface area contributed by atoms with Crippen LogP contribution in [0.3, 0.4) is 0 Å². The molecule has 22 heavy (non-hydrogen) atoms. The third kappa shape index (κ3) is 5.88. The highest BCUT2D eigenvalue weighted by Crippen LogP contribution is 2.25. The molecule has 0 bridgehead atoms. The van der Waals surface area contributed by atoms with Gasteiger partial charge in [0.25, 0.3) is 0 Å². The molecule has 5 heteroatoms. The molecule has 1 aliphatic heterocycles. The average Bonchev–Trinajstić information content (AvgIpc) is 2.43. The van der Waals surface area contributed by atoms with Gasteiger partial charge in [-0.3, -0.25) is 4.90 Å². The molecule has 1 aromatic rings. The van der Waals surface area contributed by atoms with Gasteiger partial charge in [0.05, 0.1) is 29.9 Å². The highest BCUT2D eigenvalue weighted by molar-refractivity contribution is 9.10. The fourth-order valence-corrected chi connectivity index (χ4v) is 3.30. The van der Waals surface area contributed by atoms with Crippen molar-refractivity contribution in [3.8, 4) is 5.75 Å². The predicted octanol–water partition coefficient (Wildman–Crippen LogP) is 3.26. The molecule has 1 aromatic carbocycles. The second kappa shape index (κ2) is 8.87. The van der Waals surface area contributed by atoms with E-state index in [4.69, 9.17) is 14.2 Å². The standard InChI is InChI=1S/C17H26BrNO3/c1-13-4-5-17(16(18)10-13)21-9-8-20-7-6-19-11-14(2)22-15(3)12-19/h4-5,10,14-15H,6-9,11-12H2,1-3H3/t14-,15+. The van der Waals surface area contributed by atoms with Crippen molar-refractivity contribution in [2.24, 2.45) is 0 Å². The van der Waals surface area contributed by atoms with E-state index in [1.165, 1.54) is 5.56 Å². The van der Waals surface area contributed by atoms with E-state index in [0.717, 1.165) is 36.5 Å². The topological polar surface area (TPSA) is 30.9 Å². The first-order chi connectivity index (χ1) is 10.5. The molecule has 1 aliphatic rings. The monoisotopic (exact) mass is 371 g/mol. The molecule has 1 fully saturated rings. The number of hydrogen-bond acceptors (Lipinski definition) is 4. The summed E-state index contributed by atoms with van der Waals surface area (Å²) in [5.74, 6) is 0.866. The van der Waals surface area contributed by atoms with Crippen molar-refractivity contribution in [1.82, 2.24) is 4.90 Å². The van der Waals surface area contributed by atoms with Gasteiger partial charge in [-0.25, -0.2) is 0 Å². The highest BCUT2D eigenvalue weighted by Gasteiger charge is 2.21. The van der Waals surface area contributed by atoms with Gasteiger partial charge in [-0.2, -0.15) is 0 Å². The second-order valence-electron chi connectivity index (χ2n) is 5.91. The van der Waals surface area contributed by atoms with Crippen molar-refractivity contribution in [2.75, 3.05) is 39.5 Å². The lowest BCUT2D eigenvalue weighted by molar-refractivity contribution is -0.0734. The van der Waals surface area contributed by atoms with Crippen molar-refractivity contribution in [2.45, 2.75) is 33.0 Å². The van der Waals surface area contributed by atoms with Gasteiger partial charge in [0.1, 0.15) is 12.4 Å². The van der Waals surface area contributed by atoms with E-state index in [9.17, 15) is 0 Å². The van der Waals surface area contributed by atoms with Gasteiger partial charge < -0.3 is 14.2 Å². The van der Waals surface area contributed by atoms with Crippen LogP contribution in [0.25, 0.3) is 0 Å². The van der Waals surface area contributed by atoms with Gasteiger partial charge >= 0.3 is 0 Å². The maximum atomic E-state index is 5.72. The Labute approximate surface area is 141 Å². The molecule has 0 N–H and O–H groups in total. The first-order valence-electron chi connectivity index (χ1n) is 7.89. The summed E-state index contributed by atoms with van der Waals surface area (Å²) < 4.78 is 18.1. The molecule has 1 saturated heterocycles. The number of halogens is 1. The molecule has 2 atom stereocenters. The number of nitrogens with zero attached hydrogens (tertiary/aromatic N) is 1. The minimum absolute atomic E-state index is 0.311. The normalized spacial score (nSPS) is 22.7. The van der Waals surface area contributed by atoms with Crippen LogP contribution in [0.5, 0.6) is 5.75 Å². The highest BCUT2D eigenvalue weighted by atomic mass is 79.9. The van der Waals surface area contributed by atoms with E-state index in [0.29, 0.717) is 25.4 Å². The Kier molecular flexibility index (Phi) is 7.15. The molecule has 1 heterocycles. The summed E-state index contributed by atoms with van der Waals surface area (Å²) in [6, 6.07) is 6.08. The van der Waals surface area contributed by atoms with Crippen molar-refractivity contribution in [3.63, 3.8) is 0 Å². The Bertz CT molecular complexity index is 459. The zero-order valence-electron chi connectivity index (χ0n) is 13.7. The Morgan fingerprint density at radius 1 is 1.18 bits per heavy atom. The van der Waals surface area contributed by atoms with Crippen LogP contribution in [-0.2, 0) is 9.47 Å². The lowest BCUT2D eigenvalue weighted by Gasteiger charge is -2.35. The molecular weight excluding hydrogens is 346 g/mol. The van der Waals surface area contributed by atoms with Crippen LogP contribution in [0.2, 0.25) is 0 Å². The smallest absolute Gasteiger partial charge is 0.133 e. The van der Waals surface area contributed by atoms with Gasteiger partial charge in [-0.05, 0) is 54.4 Å². The molecule has 124 valence electrons. The molecular formula is C17H26BrNO3. The molecule has 0 saturated carbocycles. The van der Waals surface area contributed by atoms with Crippen LogP contribution >= 0.6 is 15.9 Å². The van der Waals surface area contributed by atoms with Gasteiger partial charge in [0, 0.05) is 19.6 Å². The Hall–Kier alpha value is -0.620. The summed E-state index contributed by atoms with van der Waals surface area (Å²) >= 11 is 3.51. The van der Waals surface area contributed by atoms with Crippen LogP contribution in [-0.4, -0.2) is 56.6 Å². The maximum Gasteiger partial charge on any atom is 0.133 e. The first-order valence-corrected chi connectivity index (χ1v) is 8.68. The summed E-state index contributed by atoms with van der Waals surface area (Å²) in [4.78, 5) is 2.40. The number of morpholine rings is 1. The van der Waals surface area contributed by atoms with Crippen LogP contribution < -0.4 is 4.74 Å². The molecule has 0 unspecified atom stereocenters. The van der Waals surface area contributed by atoms with Crippen LogP contribution in [0.1, 0.15) is 19.4 Å². The molecule has 0 aromatic heterocycles. The van der Waals surface area contributed by atoms with Crippen molar-refractivity contribution in [1.29, 1.82) is 0 Å². The van der Waals surface area contributed by atoms with Gasteiger partial charge in [-0.15, -0.1) is 0 Å². The van der Waals surface area contributed by atoms with Gasteiger partial charge in [0.2, 0.25) is 0 Å². The predicted molar refractivity (Wildman–Crippen MR) is 91.6 cm³/mol. The minimum atomic E-state index is 0.311. The maximum absolute atomic E-state index is 5.72. The van der Waals surface area contributed by atoms with Crippen LogP contribution in [0.4, 0.5) is 0 Å². The summed E-state index contributed by atoms with van der Waals surface area (Å²) in [6.07, 6.45) is 0.622. The summed E-state index contributed by atoms with van der Waals surface area (Å²) in [6.45, 7) is 11.1. The van der Waals surface area contributed by atoms with E-state index in [1.807, 2.05) is 12.1 Å². The van der Waals surface area contributed by atoms with E-state index in [1.54, 1.807) is 0 Å². The van der Waals surface area contributed by atoms with Crippen molar-refractivity contribution < 1.29 is 14.2 Å². The Morgan fingerprint density at radius 2 is 1.91 bits per heavy atom. The number of rotatable bonds is 7. The number of aryl methyl sites for hydroxylation is 1. The summed E-state index contributed by atoms with van der Waals surface area (Å²) in [5.41, 5.74) is 1.21. The SMILES string of the molecule is Cc1ccc(OCCOCCN2C[C@@H](C)O[C@@H](C)C2)c(Br)c1. The fraction of sp³-hybridized carbons (Fsp3) is 0.647. The van der Waals surface area contributed by atoms with Crippen LogP contribution in [0, 0.1) is 6.92 Å². The largest absolute Gasteiger partial charge is 0.490 e. The lowest BCUT2D eigenvalue weighted by Crippen LogP contribution is -2.46. The number of benzene rings is 1. The quantitative estimate of drug-likeness (QED) is 0.688. The van der Waals surface area contributed by atoms with Gasteiger partial charge in [-0.1, -0.05) is 6.07 Å². The van der Waals surface area contributed by atoms with E-state index < -0.39 is 0 Å². The second-order valence-corrected chi connectivity index (χ2v) is 6.77. The minimum Gasteiger partial charge on any atom is -0.490 e. The van der Waals surface area contributed by atoms with Crippen LogP contribution in [0.15, 0.2) is 22.7 Å². The lowest BCUT2D eigenvalue weighted by atomic mass is 10.2. The number of ether oxygens (including phenoxy) is 3. The van der Waals surface area contributed by atoms with Crippen molar-refractivity contribution in [3.05, 3.63) is 28.2 Å². The molecule has 0 spiro atoms. The molecule has 2 rings (SSSR count). The molecule has 0 amide bonds. The fourth-order valence-electron chi connectivity index (χ4n) is 2.70. The third-order valence-corrected chi connectivity index (χ3v) is 4.24. The Morgan fingerprint density at radius 3 is 2.59 bits per heavy atom. The summed E-state index contributed by atoms with van der Waals surface area (Å²) in [5, 5.41) is 0. The average molecular weight is 372 g/mol. The molecule has 0 radical (unpaired) electrons. The zero-order chi connectivity index (χ0) is 15.9. The molecule has 4 nitrogen and oxygen atoms in total.